The Hall–Kier alpha value is -1.08. The van der Waals surface area contributed by atoms with E-state index >= 15 is 0 Å². The van der Waals surface area contributed by atoms with E-state index in [-0.39, 0.29) is 11.9 Å². The summed E-state index contributed by atoms with van der Waals surface area (Å²) in [7, 11) is 1.75. The Kier molecular flexibility index (Phi) is 6.72. The van der Waals surface area contributed by atoms with Crippen LogP contribution >= 0.6 is 0 Å². The first-order chi connectivity index (χ1) is 6.99. The van der Waals surface area contributed by atoms with Gasteiger partial charge in [-0.15, -0.1) is 0 Å². The minimum absolute atomic E-state index is 0.00144. The molecule has 4 nitrogen and oxygen atoms in total. The minimum Gasteiger partial charge on any atom is -0.342 e. The summed E-state index contributed by atoms with van der Waals surface area (Å²) in [5.74, 6) is 0.0888. The maximum absolute atomic E-state index is 11.6. The lowest BCUT2D eigenvalue weighted by Crippen LogP contribution is -2.37. The van der Waals surface area contributed by atoms with E-state index < -0.39 is 0 Å². The molecule has 0 rings (SSSR count). The fourth-order valence-corrected chi connectivity index (χ4v) is 1.16. The topological polar surface area (TPSA) is 56.1 Å². The lowest BCUT2D eigenvalue weighted by atomic mass is 10.2. The van der Waals surface area contributed by atoms with Crippen molar-refractivity contribution in [2.24, 2.45) is 0 Å². The molecule has 1 amide bonds. The molecule has 0 radical (unpaired) electrons. The molecule has 0 saturated carbocycles. The predicted octanol–water partition coefficient (Wildman–Crippen LogP) is 1.14. The second-order valence-electron chi connectivity index (χ2n) is 4.07. The maximum atomic E-state index is 11.6. The van der Waals surface area contributed by atoms with Crippen molar-refractivity contribution in [2.45, 2.75) is 45.7 Å². The van der Waals surface area contributed by atoms with Crippen molar-refractivity contribution in [3.8, 4) is 6.07 Å². The van der Waals surface area contributed by atoms with Crippen molar-refractivity contribution >= 4 is 5.91 Å². The number of amides is 1. The second kappa shape index (κ2) is 7.24. The summed E-state index contributed by atoms with van der Waals surface area (Å²) in [4.78, 5) is 13.3. The van der Waals surface area contributed by atoms with Crippen molar-refractivity contribution in [1.82, 2.24) is 10.2 Å². The van der Waals surface area contributed by atoms with E-state index in [1.165, 1.54) is 0 Å². The highest BCUT2D eigenvalue weighted by atomic mass is 16.2. The standard InChI is InChI=1S/C11H21N3O/c1-9(2)13-8-6-11(15)14(4)10(3)5-7-12/h9-10,13H,5-6,8H2,1-4H3. The van der Waals surface area contributed by atoms with Crippen LogP contribution in [-0.2, 0) is 4.79 Å². The third kappa shape index (κ3) is 6.08. The molecule has 0 aromatic heterocycles. The van der Waals surface area contributed by atoms with Crippen LogP contribution in [0, 0.1) is 11.3 Å². The number of nitrogens with zero attached hydrogens (tertiary/aromatic N) is 2. The fraction of sp³-hybridized carbons (Fsp3) is 0.818. The molecular weight excluding hydrogens is 190 g/mol. The van der Waals surface area contributed by atoms with Crippen LogP contribution in [-0.4, -0.2) is 36.5 Å². The molecule has 1 N–H and O–H groups in total. The fourth-order valence-electron chi connectivity index (χ4n) is 1.16. The molecule has 86 valence electrons. The number of hydrogen-bond acceptors (Lipinski definition) is 3. The van der Waals surface area contributed by atoms with Crippen LogP contribution in [0.3, 0.4) is 0 Å². The Morgan fingerprint density at radius 1 is 1.47 bits per heavy atom. The largest absolute Gasteiger partial charge is 0.342 e. The summed E-state index contributed by atoms with van der Waals surface area (Å²) in [6.07, 6.45) is 0.879. The first-order valence-electron chi connectivity index (χ1n) is 5.35. The van der Waals surface area contributed by atoms with Crippen LogP contribution in [0.15, 0.2) is 0 Å². The van der Waals surface area contributed by atoms with Gasteiger partial charge in [0.1, 0.15) is 0 Å². The number of nitrogens with one attached hydrogen (secondary N) is 1. The Morgan fingerprint density at radius 2 is 2.07 bits per heavy atom. The smallest absolute Gasteiger partial charge is 0.223 e. The van der Waals surface area contributed by atoms with Crippen LogP contribution in [0.1, 0.15) is 33.6 Å². The van der Waals surface area contributed by atoms with Crippen molar-refractivity contribution in [2.75, 3.05) is 13.6 Å². The summed E-state index contributed by atoms with van der Waals surface area (Å²) in [6, 6.07) is 2.47. The Morgan fingerprint density at radius 3 is 2.53 bits per heavy atom. The van der Waals surface area contributed by atoms with E-state index in [0.29, 0.717) is 25.4 Å². The Labute approximate surface area is 92.3 Å². The van der Waals surface area contributed by atoms with Gasteiger partial charge in [-0.3, -0.25) is 4.79 Å². The molecule has 4 heteroatoms. The number of carbonyl (C=O) groups is 1. The zero-order chi connectivity index (χ0) is 11.8. The lowest BCUT2D eigenvalue weighted by molar-refractivity contribution is -0.131. The molecule has 0 bridgehead atoms. The predicted molar refractivity (Wildman–Crippen MR) is 60.2 cm³/mol. The lowest BCUT2D eigenvalue weighted by Gasteiger charge is -2.23. The number of hydrogen-bond donors (Lipinski definition) is 1. The average Bonchev–Trinajstić information content (AvgIpc) is 2.16. The van der Waals surface area contributed by atoms with Crippen LogP contribution in [0.2, 0.25) is 0 Å². The van der Waals surface area contributed by atoms with Gasteiger partial charge in [-0.2, -0.15) is 5.26 Å². The van der Waals surface area contributed by atoms with Crippen LogP contribution in [0.25, 0.3) is 0 Å². The van der Waals surface area contributed by atoms with Gasteiger partial charge >= 0.3 is 0 Å². The van der Waals surface area contributed by atoms with Crippen LogP contribution in [0.5, 0.6) is 0 Å². The van der Waals surface area contributed by atoms with Gasteiger partial charge in [0.25, 0.3) is 0 Å². The van der Waals surface area contributed by atoms with Crippen LogP contribution < -0.4 is 5.32 Å². The minimum atomic E-state index is 0.00144. The van der Waals surface area contributed by atoms with E-state index in [4.69, 9.17) is 5.26 Å². The van der Waals surface area contributed by atoms with E-state index in [2.05, 4.69) is 11.4 Å². The first-order valence-corrected chi connectivity index (χ1v) is 5.35. The molecule has 0 aliphatic carbocycles. The van der Waals surface area contributed by atoms with Gasteiger partial charge in [0.2, 0.25) is 5.91 Å². The highest BCUT2D eigenvalue weighted by Crippen LogP contribution is 2.02. The van der Waals surface area contributed by atoms with Gasteiger partial charge in [-0.1, -0.05) is 13.8 Å². The van der Waals surface area contributed by atoms with E-state index in [9.17, 15) is 4.79 Å². The zero-order valence-electron chi connectivity index (χ0n) is 10.1. The third-order valence-corrected chi connectivity index (χ3v) is 2.33. The van der Waals surface area contributed by atoms with Crippen molar-refractivity contribution < 1.29 is 4.79 Å². The van der Waals surface area contributed by atoms with Gasteiger partial charge < -0.3 is 10.2 Å². The Balaban J connectivity index is 3.84. The van der Waals surface area contributed by atoms with E-state index in [0.717, 1.165) is 0 Å². The van der Waals surface area contributed by atoms with Gasteiger partial charge in [0.05, 0.1) is 12.5 Å². The number of nitriles is 1. The quantitative estimate of drug-likeness (QED) is 0.716. The molecule has 0 heterocycles. The van der Waals surface area contributed by atoms with Crippen molar-refractivity contribution in [3.05, 3.63) is 0 Å². The molecular formula is C11H21N3O. The van der Waals surface area contributed by atoms with Crippen molar-refractivity contribution in [3.63, 3.8) is 0 Å². The zero-order valence-corrected chi connectivity index (χ0v) is 10.1. The molecule has 0 spiro atoms. The SMILES string of the molecule is CC(C)NCCC(=O)N(C)C(C)CC#N. The molecule has 0 aromatic rings. The molecule has 0 aliphatic rings. The van der Waals surface area contributed by atoms with E-state index in [1.807, 2.05) is 20.8 Å². The summed E-state index contributed by atoms with van der Waals surface area (Å²) in [5, 5.41) is 11.7. The molecule has 1 atom stereocenters. The summed E-state index contributed by atoms with van der Waals surface area (Å²) >= 11 is 0. The normalized spacial score (nSPS) is 12.3. The van der Waals surface area contributed by atoms with Gasteiger partial charge in [0, 0.05) is 32.1 Å². The number of carbonyl (C=O) groups excluding carboxylic acids is 1. The first kappa shape index (κ1) is 13.9. The van der Waals surface area contributed by atoms with Crippen LogP contribution in [0.4, 0.5) is 0 Å². The van der Waals surface area contributed by atoms with E-state index in [1.54, 1.807) is 11.9 Å². The Bertz CT molecular complexity index is 232. The second-order valence-corrected chi connectivity index (χ2v) is 4.07. The molecule has 0 aliphatic heterocycles. The molecule has 0 saturated heterocycles. The monoisotopic (exact) mass is 211 g/mol. The maximum Gasteiger partial charge on any atom is 0.223 e. The third-order valence-electron chi connectivity index (χ3n) is 2.33. The average molecular weight is 211 g/mol. The summed E-state index contributed by atoms with van der Waals surface area (Å²) < 4.78 is 0. The molecule has 0 aromatic carbocycles. The molecule has 0 fully saturated rings. The highest BCUT2D eigenvalue weighted by molar-refractivity contribution is 5.76. The highest BCUT2D eigenvalue weighted by Gasteiger charge is 2.14. The van der Waals surface area contributed by atoms with Gasteiger partial charge in [0.15, 0.2) is 0 Å². The molecule has 1 unspecified atom stereocenters. The van der Waals surface area contributed by atoms with Gasteiger partial charge in [-0.25, -0.2) is 0 Å². The molecule has 15 heavy (non-hydrogen) atoms. The number of rotatable bonds is 6. The summed E-state index contributed by atoms with van der Waals surface area (Å²) in [5.41, 5.74) is 0. The van der Waals surface area contributed by atoms with Crippen molar-refractivity contribution in [1.29, 1.82) is 5.26 Å². The van der Waals surface area contributed by atoms with Gasteiger partial charge in [-0.05, 0) is 6.92 Å². The summed E-state index contributed by atoms with van der Waals surface area (Å²) in [6.45, 7) is 6.68.